The van der Waals surface area contributed by atoms with Gasteiger partial charge in [-0.1, -0.05) is 30.3 Å². The number of carbonyl (C=O) groups is 2. The van der Waals surface area contributed by atoms with Gasteiger partial charge < -0.3 is 10.2 Å². The van der Waals surface area contributed by atoms with Crippen LogP contribution in [-0.4, -0.2) is 56.3 Å². The largest absolute Gasteiger partial charge is 0.347 e. The van der Waals surface area contributed by atoms with Crippen molar-refractivity contribution in [2.45, 2.75) is 18.9 Å². The fraction of sp³-hybridized carbons (Fsp3) is 0.467. The fourth-order valence-corrected chi connectivity index (χ4v) is 4.20. The van der Waals surface area contributed by atoms with Crippen LogP contribution in [0.1, 0.15) is 12.0 Å². The van der Waals surface area contributed by atoms with E-state index in [0.29, 0.717) is 6.42 Å². The van der Waals surface area contributed by atoms with Crippen LogP contribution in [0, 0.1) is 0 Å². The van der Waals surface area contributed by atoms with Crippen LogP contribution < -0.4 is 5.32 Å². The number of rotatable bonds is 5. The molecule has 2 rings (SSSR count). The van der Waals surface area contributed by atoms with E-state index >= 15 is 0 Å². The van der Waals surface area contributed by atoms with Gasteiger partial charge in [0.15, 0.2) is 9.84 Å². The van der Waals surface area contributed by atoms with Gasteiger partial charge in [-0.15, -0.1) is 0 Å². The molecule has 1 aromatic carbocycles. The molecule has 7 heteroatoms. The molecule has 0 aliphatic carbocycles. The van der Waals surface area contributed by atoms with Crippen LogP contribution in [0.2, 0.25) is 0 Å². The van der Waals surface area contributed by atoms with Gasteiger partial charge in [0, 0.05) is 13.1 Å². The van der Waals surface area contributed by atoms with Gasteiger partial charge in [-0.25, -0.2) is 8.42 Å². The van der Waals surface area contributed by atoms with Crippen molar-refractivity contribution >= 4 is 21.7 Å². The molecule has 0 aromatic heterocycles. The summed E-state index contributed by atoms with van der Waals surface area (Å²) in [6, 6.07) is 8.97. The SMILES string of the molecule is CN(C(=O)CNC(=O)Cc1ccccc1)[C@@H]1CCS(=O)(=O)C1. The summed E-state index contributed by atoms with van der Waals surface area (Å²) in [7, 11) is -1.45. The molecule has 22 heavy (non-hydrogen) atoms. The Labute approximate surface area is 130 Å². The average molecular weight is 324 g/mol. The summed E-state index contributed by atoms with van der Waals surface area (Å²) in [5.74, 6) is -0.376. The minimum atomic E-state index is -3.03. The molecule has 0 bridgehead atoms. The molecule has 1 N–H and O–H groups in total. The molecular weight excluding hydrogens is 304 g/mol. The molecule has 1 aromatic rings. The topological polar surface area (TPSA) is 83.6 Å². The van der Waals surface area contributed by atoms with Crippen molar-refractivity contribution in [2.24, 2.45) is 0 Å². The van der Waals surface area contributed by atoms with Gasteiger partial charge in [0.2, 0.25) is 11.8 Å². The third-order valence-electron chi connectivity index (χ3n) is 3.79. The van der Waals surface area contributed by atoms with Gasteiger partial charge in [0.05, 0.1) is 24.5 Å². The zero-order valence-electron chi connectivity index (χ0n) is 12.5. The van der Waals surface area contributed by atoms with Gasteiger partial charge in [-0.2, -0.15) is 0 Å². The van der Waals surface area contributed by atoms with Crippen molar-refractivity contribution in [2.75, 3.05) is 25.1 Å². The highest BCUT2D eigenvalue weighted by atomic mass is 32.2. The quantitative estimate of drug-likeness (QED) is 0.826. The number of benzene rings is 1. The molecular formula is C15H20N2O4S. The average Bonchev–Trinajstić information content (AvgIpc) is 2.85. The lowest BCUT2D eigenvalue weighted by atomic mass is 10.1. The first-order chi connectivity index (χ1) is 10.4. The lowest BCUT2D eigenvalue weighted by molar-refractivity contribution is -0.133. The van der Waals surface area contributed by atoms with E-state index in [2.05, 4.69) is 5.32 Å². The molecule has 1 fully saturated rings. The zero-order chi connectivity index (χ0) is 16.2. The van der Waals surface area contributed by atoms with Gasteiger partial charge in [-0.3, -0.25) is 9.59 Å². The summed E-state index contributed by atoms with van der Waals surface area (Å²) < 4.78 is 22.9. The van der Waals surface area contributed by atoms with Crippen molar-refractivity contribution in [1.29, 1.82) is 0 Å². The van der Waals surface area contributed by atoms with Gasteiger partial charge >= 0.3 is 0 Å². The maximum Gasteiger partial charge on any atom is 0.241 e. The number of nitrogens with zero attached hydrogens (tertiary/aromatic N) is 1. The number of hydrogen-bond acceptors (Lipinski definition) is 4. The summed E-state index contributed by atoms with van der Waals surface area (Å²) in [5, 5.41) is 2.58. The first kappa shape index (κ1) is 16.5. The van der Waals surface area contributed by atoms with Crippen molar-refractivity contribution in [1.82, 2.24) is 10.2 Å². The number of likely N-dealkylation sites (N-methyl/N-ethyl adjacent to an activating group) is 1. The van der Waals surface area contributed by atoms with E-state index < -0.39 is 9.84 Å². The molecule has 1 saturated heterocycles. The fourth-order valence-electron chi connectivity index (χ4n) is 2.43. The Bertz CT molecular complexity index is 643. The van der Waals surface area contributed by atoms with Crippen LogP contribution in [0.3, 0.4) is 0 Å². The normalized spacial score (nSPS) is 19.6. The third kappa shape index (κ3) is 4.56. The predicted molar refractivity (Wildman–Crippen MR) is 83.0 cm³/mol. The highest BCUT2D eigenvalue weighted by Gasteiger charge is 2.32. The highest BCUT2D eigenvalue weighted by molar-refractivity contribution is 7.91. The summed E-state index contributed by atoms with van der Waals surface area (Å²) in [4.78, 5) is 25.2. The summed E-state index contributed by atoms with van der Waals surface area (Å²) >= 11 is 0. The Balaban J connectivity index is 1.79. The summed E-state index contributed by atoms with van der Waals surface area (Å²) in [6.07, 6.45) is 0.679. The van der Waals surface area contributed by atoms with Crippen LogP contribution >= 0.6 is 0 Å². The van der Waals surface area contributed by atoms with Crippen molar-refractivity contribution in [3.8, 4) is 0 Å². The van der Waals surface area contributed by atoms with E-state index in [1.807, 2.05) is 30.3 Å². The lowest BCUT2D eigenvalue weighted by Crippen LogP contribution is -2.44. The van der Waals surface area contributed by atoms with Gasteiger partial charge in [0.1, 0.15) is 0 Å². The Morgan fingerprint density at radius 1 is 1.27 bits per heavy atom. The molecule has 0 radical (unpaired) electrons. The van der Waals surface area contributed by atoms with Crippen LogP contribution in [0.15, 0.2) is 30.3 Å². The Hall–Kier alpha value is -1.89. The minimum Gasteiger partial charge on any atom is -0.347 e. The maximum atomic E-state index is 12.0. The van der Waals surface area contributed by atoms with E-state index in [0.717, 1.165) is 5.56 Å². The van der Waals surface area contributed by atoms with E-state index in [-0.39, 0.29) is 42.3 Å². The van der Waals surface area contributed by atoms with Crippen LogP contribution in [0.25, 0.3) is 0 Å². The first-order valence-electron chi connectivity index (χ1n) is 7.14. The molecule has 2 amide bonds. The third-order valence-corrected chi connectivity index (χ3v) is 5.54. The monoisotopic (exact) mass is 324 g/mol. The van der Waals surface area contributed by atoms with E-state index in [9.17, 15) is 18.0 Å². The van der Waals surface area contributed by atoms with Crippen LogP contribution in [-0.2, 0) is 25.8 Å². The van der Waals surface area contributed by atoms with Crippen molar-refractivity contribution in [3.05, 3.63) is 35.9 Å². The Morgan fingerprint density at radius 2 is 1.95 bits per heavy atom. The predicted octanol–water partition coefficient (Wildman–Crippen LogP) is -0.00920. The molecule has 120 valence electrons. The van der Waals surface area contributed by atoms with E-state index in [4.69, 9.17) is 0 Å². The molecule has 1 atom stereocenters. The van der Waals surface area contributed by atoms with Crippen molar-refractivity contribution < 1.29 is 18.0 Å². The smallest absolute Gasteiger partial charge is 0.241 e. The van der Waals surface area contributed by atoms with E-state index in [1.165, 1.54) is 4.90 Å². The second kappa shape index (κ2) is 6.91. The standard InChI is InChI=1S/C15H20N2O4S/c1-17(13-7-8-22(20,21)11-13)15(19)10-16-14(18)9-12-5-3-2-4-6-12/h2-6,13H,7-11H2,1H3,(H,16,18)/t13-/m1/s1. The van der Waals surface area contributed by atoms with Crippen LogP contribution in [0.4, 0.5) is 0 Å². The number of carbonyl (C=O) groups excluding carboxylic acids is 2. The molecule has 1 heterocycles. The van der Waals surface area contributed by atoms with E-state index in [1.54, 1.807) is 7.05 Å². The second-order valence-corrected chi connectivity index (χ2v) is 7.73. The molecule has 1 aliphatic heterocycles. The van der Waals surface area contributed by atoms with Crippen molar-refractivity contribution in [3.63, 3.8) is 0 Å². The lowest BCUT2D eigenvalue weighted by Gasteiger charge is -2.23. The first-order valence-corrected chi connectivity index (χ1v) is 8.96. The molecule has 0 spiro atoms. The zero-order valence-corrected chi connectivity index (χ0v) is 13.3. The summed E-state index contributed by atoms with van der Waals surface area (Å²) in [5.41, 5.74) is 0.877. The maximum absolute atomic E-state index is 12.0. The molecule has 0 unspecified atom stereocenters. The second-order valence-electron chi connectivity index (χ2n) is 5.50. The number of sulfone groups is 1. The highest BCUT2D eigenvalue weighted by Crippen LogP contribution is 2.16. The van der Waals surface area contributed by atoms with Gasteiger partial charge in [-0.05, 0) is 12.0 Å². The molecule has 6 nitrogen and oxygen atoms in total. The number of nitrogens with one attached hydrogen (secondary N) is 1. The summed E-state index contributed by atoms with van der Waals surface area (Å²) in [6.45, 7) is -0.112. The molecule has 0 saturated carbocycles. The Morgan fingerprint density at radius 3 is 2.55 bits per heavy atom. The van der Waals surface area contributed by atoms with Gasteiger partial charge in [0.25, 0.3) is 0 Å². The Kier molecular flexibility index (Phi) is 5.18. The number of hydrogen-bond donors (Lipinski definition) is 1. The number of amides is 2. The van der Waals surface area contributed by atoms with Crippen LogP contribution in [0.5, 0.6) is 0 Å². The molecule has 1 aliphatic rings. The minimum absolute atomic E-state index is 0.00714.